The highest BCUT2D eigenvalue weighted by Gasteiger charge is 2.35. The van der Waals surface area contributed by atoms with Crippen LogP contribution in [0.4, 0.5) is 5.82 Å². The van der Waals surface area contributed by atoms with Crippen LogP contribution in [0.5, 0.6) is 0 Å². The smallest absolute Gasteiger partial charge is 0.129 e. The minimum atomic E-state index is -0.107. The number of hydrogen-bond acceptors (Lipinski definition) is 5. The molecule has 0 spiro atoms. The van der Waals surface area contributed by atoms with E-state index in [1.165, 1.54) is 5.56 Å². The van der Waals surface area contributed by atoms with Gasteiger partial charge in [0.2, 0.25) is 0 Å². The van der Waals surface area contributed by atoms with Gasteiger partial charge in [-0.3, -0.25) is 4.90 Å². The number of halogens is 2. The van der Waals surface area contributed by atoms with Crippen molar-refractivity contribution in [2.45, 2.75) is 37.5 Å². The van der Waals surface area contributed by atoms with Crippen LogP contribution in [0, 0.1) is 0 Å². The fraction of sp³-hybridized carbons (Fsp3) is 0.500. The summed E-state index contributed by atoms with van der Waals surface area (Å²) in [5.41, 5.74) is 1.26. The lowest BCUT2D eigenvalue weighted by molar-refractivity contribution is -0.0979. The lowest BCUT2D eigenvalue weighted by Crippen LogP contribution is -2.57. The van der Waals surface area contributed by atoms with Crippen molar-refractivity contribution in [3.63, 3.8) is 0 Å². The van der Waals surface area contributed by atoms with E-state index in [0.717, 1.165) is 54.8 Å². The standard InChI is InChI=1S/C22H27Cl2N3O2/c23-17-3-1-16(2-4-17)11-20-15-29-21(14-28)13-27(20)19-6-9-26(10-7-19)22-12-18(24)5-8-25-22/h1-5,8,12,19-21,28H,6-7,9-11,13-15H2. The van der Waals surface area contributed by atoms with E-state index in [-0.39, 0.29) is 12.7 Å². The molecule has 2 atom stereocenters. The number of pyridine rings is 1. The Balaban J connectivity index is 1.42. The Hall–Kier alpha value is -1.37. The van der Waals surface area contributed by atoms with Crippen LogP contribution >= 0.6 is 23.2 Å². The molecule has 1 N–H and O–H groups in total. The summed E-state index contributed by atoms with van der Waals surface area (Å²) >= 11 is 12.2. The molecule has 2 aliphatic heterocycles. The Morgan fingerprint density at radius 3 is 2.52 bits per heavy atom. The molecule has 0 saturated carbocycles. The van der Waals surface area contributed by atoms with Gasteiger partial charge in [0.15, 0.2) is 0 Å². The van der Waals surface area contributed by atoms with Crippen molar-refractivity contribution in [3.8, 4) is 0 Å². The summed E-state index contributed by atoms with van der Waals surface area (Å²) in [5.74, 6) is 0.948. The molecule has 7 heteroatoms. The Morgan fingerprint density at radius 2 is 1.83 bits per heavy atom. The SMILES string of the molecule is OCC1CN(C2CCN(c3cc(Cl)ccn3)CC2)C(Cc2ccc(Cl)cc2)CO1. The van der Waals surface area contributed by atoms with Crippen LogP contribution in [0.2, 0.25) is 10.0 Å². The molecular formula is C22H27Cl2N3O2. The average molecular weight is 436 g/mol. The normalized spacial score (nSPS) is 24.0. The maximum atomic E-state index is 9.64. The third-order valence-corrected chi connectivity index (χ3v) is 6.45. The molecular weight excluding hydrogens is 409 g/mol. The molecule has 2 unspecified atom stereocenters. The van der Waals surface area contributed by atoms with E-state index in [1.54, 1.807) is 6.20 Å². The van der Waals surface area contributed by atoms with Crippen LogP contribution in [-0.4, -0.2) is 66.0 Å². The van der Waals surface area contributed by atoms with Gasteiger partial charge in [-0.05, 0) is 49.1 Å². The summed E-state index contributed by atoms with van der Waals surface area (Å²) in [6.45, 7) is 3.38. The van der Waals surface area contributed by atoms with Crippen LogP contribution in [0.3, 0.4) is 0 Å². The molecule has 3 heterocycles. The summed E-state index contributed by atoms with van der Waals surface area (Å²) in [6, 6.07) is 12.6. The molecule has 0 amide bonds. The molecule has 0 radical (unpaired) electrons. The van der Waals surface area contributed by atoms with Gasteiger partial charge in [-0.15, -0.1) is 0 Å². The summed E-state index contributed by atoms with van der Waals surface area (Å²) < 4.78 is 5.91. The van der Waals surface area contributed by atoms with E-state index < -0.39 is 0 Å². The molecule has 29 heavy (non-hydrogen) atoms. The number of piperidine rings is 1. The highest BCUT2D eigenvalue weighted by atomic mass is 35.5. The third kappa shape index (κ3) is 5.22. The van der Waals surface area contributed by atoms with Gasteiger partial charge >= 0.3 is 0 Å². The number of benzene rings is 1. The van der Waals surface area contributed by atoms with E-state index in [4.69, 9.17) is 27.9 Å². The minimum Gasteiger partial charge on any atom is -0.394 e. The number of aromatic nitrogens is 1. The largest absolute Gasteiger partial charge is 0.394 e. The Bertz CT molecular complexity index is 797. The summed E-state index contributed by atoms with van der Waals surface area (Å²) in [6.07, 6.45) is 4.70. The monoisotopic (exact) mass is 435 g/mol. The number of hydrogen-bond donors (Lipinski definition) is 1. The summed E-state index contributed by atoms with van der Waals surface area (Å²) in [4.78, 5) is 9.33. The molecule has 1 aromatic heterocycles. The highest BCUT2D eigenvalue weighted by Crippen LogP contribution is 2.27. The average Bonchev–Trinajstić information content (AvgIpc) is 2.76. The van der Waals surface area contributed by atoms with Crippen molar-refractivity contribution < 1.29 is 9.84 Å². The van der Waals surface area contributed by atoms with Gasteiger partial charge < -0.3 is 14.7 Å². The zero-order chi connectivity index (χ0) is 20.2. The highest BCUT2D eigenvalue weighted by molar-refractivity contribution is 6.30. The van der Waals surface area contributed by atoms with Crippen molar-refractivity contribution in [1.82, 2.24) is 9.88 Å². The van der Waals surface area contributed by atoms with Crippen LogP contribution in [0.15, 0.2) is 42.6 Å². The van der Waals surface area contributed by atoms with Crippen molar-refractivity contribution >= 4 is 29.0 Å². The van der Waals surface area contributed by atoms with E-state index >= 15 is 0 Å². The minimum absolute atomic E-state index is 0.0649. The number of nitrogens with zero attached hydrogens (tertiary/aromatic N) is 3. The molecule has 0 bridgehead atoms. The van der Waals surface area contributed by atoms with Crippen molar-refractivity contribution in [2.75, 3.05) is 37.7 Å². The number of aliphatic hydroxyl groups is 1. The predicted molar refractivity (Wildman–Crippen MR) is 117 cm³/mol. The van der Waals surface area contributed by atoms with Gasteiger partial charge in [-0.25, -0.2) is 4.98 Å². The first-order chi connectivity index (χ1) is 14.1. The first-order valence-corrected chi connectivity index (χ1v) is 11.0. The Kier molecular flexibility index (Phi) is 6.93. The van der Waals surface area contributed by atoms with Gasteiger partial charge in [-0.2, -0.15) is 0 Å². The van der Waals surface area contributed by atoms with Gasteiger partial charge in [-0.1, -0.05) is 35.3 Å². The lowest BCUT2D eigenvalue weighted by Gasteiger charge is -2.46. The fourth-order valence-electron chi connectivity index (χ4n) is 4.40. The van der Waals surface area contributed by atoms with E-state index in [2.05, 4.69) is 26.9 Å². The topological polar surface area (TPSA) is 48.8 Å². The van der Waals surface area contributed by atoms with Gasteiger partial charge in [0.05, 0.1) is 19.3 Å². The fourth-order valence-corrected chi connectivity index (χ4v) is 4.68. The lowest BCUT2D eigenvalue weighted by atomic mass is 9.96. The number of morpholine rings is 1. The second-order valence-corrected chi connectivity index (χ2v) is 8.74. The Labute approximate surface area is 182 Å². The molecule has 2 fully saturated rings. The van der Waals surface area contributed by atoms with Crippen LogP contribution < -0.4 is 4.90 Å². The molecule has 2 aromatic rings. The maximum absolute atomic E-state index is 9.64. The first-order valence-electron chi connectivity index (χ1n) is 10.2. The van der Waals surface area contributed by atoms with E-state index in [1.807, 2.05) is 24.3 Å². The molecule has 2 saturated heterocycles. The van der Waals surface area contributed by atoms with Crippen molar-refractivity contribution in [2.24, 2.45) is 0 Å². The van der Waals surface area contributed by atoms with E-state index in [0.29, 0.717) is 18.7 Å². The predicted octanol–water partition coefficient (Wildman–Crippen LogP) is 3.66. The van der Waals surface area contributed by atoms with Crippen molar-refractivity contribution in [3.05, 3.63) is 58.2 Å². The van der Waals surface area contributed by atoms with Crippen LogP contribution in [-0.2, 0) is 11.2 Å². The summed E-state index contributed by atoms with van der Waals surface area (Å²) in [5, 5.41) is 11.1. The second-order valence-electron chi connectivity index (χ2n) is 7.87. The molecule has 1 aromatic carbocycles. The Morgan fingerprint density at radius 1 is 1.07 bits per heavy atom. The number of aliphatic hydroxyl groups excluding tert-OH is 1. The van der Waals surface area contributed by atoms with Crippen molar-refractivity contribution in [1.29, 1.82) is 0 Å². The first kappa shape index (κ1) is 20.9. The van der Waals surface area contributed by atoms with Gasteiger partial charge in [0.1, 0.15) is 5.82 Å². The molecule has 2 aliphatic rings. The van der Waals surface area contributed by atoms with Gasteiger partial charge in [0.25, 0.3) is 0 Å². The molecule has 0 aliphatic carbocycles. The molecule has 5 nitrogen and oxygen atoms in total. The summed E-state index contributed by atoms with van der Waals surface area (Å²) in [7, 11) is 0. The number of ether oxygens (including phenoxy) is 1. The number of anilines is 1. The molecule has 4 rings (SSSR count). The van der Waals surface area contributed by atoms with Gasteiger partial charge in [0, 0.05) is 48.0 Å². The van der Waals surface area contributed by atoms with Crippen LogP contribution in [0.25, 0.3) is 0 Å². The van der Waals surface area contributed by atoms with Crippen LogP contribution in [0.1, 0.15) is 18.4 Å². The zero-order valence-electron chi connectivity index (χ0n) is 16.4. The van der Waals surface area contributed by atoms with E-state index in [9.17, 15) is 5.11 Å². The second kappa shape index (κ2) is 9.63. The maximum Gasteiger partial charge on any atom is 0.129 e. The zero-order valence-corrected chi connectivity index (χ0v) is 17.9. The molecule has 156 valence electrons. The number of rotatable bonds is 5. The quantitative estimate of drug-likeness (QED) is 0.776. The third-order valence-electron chi connectivity index (χ3n) is 5.96.